The lowest BCUT2D eigenvalue weighted by atomic mass is 10.0. The van der Waals surface area contributed by atoms with Crippen LogP contribution in [0.4, 0.5) is 5.69 Å². The number of Topliss-reactive ketones (excluding diaryl/α,β-unsaturated/α-hetero) is 1. The van der Waals surface area contributed by atoms with Crippen LogP contribution in [0.1, 0.15) is 30.9 Å². The van der Waals surface area contributed by atoms with Gasteiger partial charge >= 0.3 is 0 Å². The van der Waals surface area contributed by atoms with Gasteiger partial charge in [0.1, 0.15) is 5.78 Å². The number of benzene rings is 1. The predicted molar refractivity (Wildman–Crippen MR) is 61.5 cm³/mol. The molecule has 1 aromatic carbocycles. The second-order valence-electron chi connectivity index (χ2n) is 3.83. The van der Waals surface area contributed by atoms with Crippen LogP contribution in [0, 0.1) is 17.0 Å². The first kappa shape index (κ1) is 12.4. The fourth-order valence-electron chi connectivity index (χ4n) is 1.57. The summed E-state index contributed by atoms with van der Waals surface area (Å²) >= 11 is 0. The summed E-state index contributed by atoms with van der Waals surface area (Å²) in [6.07, 6.45) is 1.78. The zero-order valence-corrected chi connectivity index (χ0v) is 9.53. The van der Waals surface area contributed by atoms with E-state index in [9.17, 15) is 14.9 Å². The number of rotatable bonds is 5. The molecule has 16 heavy (non-hydrogen) atoms. The number of carbonyl (C=O) groups excluding carboxylic acids is 1. The van der Waals surface area contributed by atoms with Crippen LogP contribution in [0.5, 0.6) is 0 Å². The second-order valence-corrected chi connectivity index (χ2v) is 3.83. The summed E-state index contributed by atoms with van der Waals surface area (Å²) in [5.41, 5.74) is 1.76. The lowest BCUT2D eigenvalue weighted by molar-refractivity contribution is -0.384. The lowest BCUT2D eigenvalue weighted by Gasteiger charge is -2.04. The van der Waals surface area contributed by atoms with E-state index in [0.29, 0.717) is 12.8 Å². The Balaban J connectivity index is 2.83. The maximum atomic E-state index is 11.4. The van der Waals surface area contributed by atoms with E-state index in [1.807, 2.05) is 6.92 Å². The van der Waals surface area contributed by atoms with Crippen molar-refractivity contribution >= 4 is 11.5 Å². The standard InChI is InChI=1S/C12H15NO3/c1-3-4-12(14)8-10-5-6-11(13(15)16)7-9(10)2/h5-7H,3-4,8H2,1-2H3. The van der Waals surface area contributed by atoms with Gasteiger partial charge in [-0.05, 0) is 24.5 Å². The number of nitro benzene ring substituents is 1. The van der Waals surface area contributed by atoms with Gasteiger partial charge in [0.2, 0.25) is 0 Å². The summed E-state index contributed by atoms with van der Waals surface area (Å²) in [4.78, 5) is 21.6. The van der Waals surface area contributed by atoms with Crippen LogP contribution in [0.2, 0.25) is 0 Å². The van der Waals surface area contributed by atoms with Gasteiger partial charge < -0.3 is 0 Å². The van der Waals surface area contributed by atoms with Crippen molar-refractivity contribution < 1.29 is 9.72 Å². The van der Waals surface area contributed by atoms with Crippen LogP contribution in [0.3, 0.4) is 0 Å². The highest BCUT2D eigenvalue weighted by Gasteiger charge is 2.10. The van der Waals surface area contributed by atoms with E-state index in [-0.39, 0.29) is 11.5 Å². The molecule has 0 fully saturated rings. The molecular weight excluding hydrogens is 206 g/mol. The zero-order valence-electron chi connectivity index (χ0n) is 9.53. The van der Waals surface area contributed by atoms with Crippen molar-refractivity contribution in [2.75, 3.05) is 0 Å². The normalized spacial score (nSPS) is 10.1. The Labute approximate surface area is 94.4 Å². The number of non-ortho nitro benzene ring substituents is 1. The molecule has 4 heteroatoms. The first-order chi connectivity index (χ1) is 7.54. The Hall–Kier alpha value is -1.71. The molecule has 1 rings (SSSR count). The average Bonchev–Trinajstić information content (AvgIpc) is 2.21. The number of aryl methyl sites for hydroxylation is 1. The summed E-state index contributed by atoms with van der Waals surface area (Å²) in [7, 11) is 0. The van der Waals surface area contributed by atoms with E-state index < -0.39 is 4.92 Å². The number of carbonyl (C=O) groups is 1. The number of hydrogen-bond donors (Lipinski definition) is 0. The molecule has 4 nitrogen and oxygen atoms in total. The molecule has 0 aromatic heterocycles. The maximum Gasteiger partial charge on any atom is 0.269 e. The molecule has 0 aliphatic rings. The van der Waals surface area contributed by atoms with Gasteiger partial charge in [-0.3, -0.25) is 14.9 Å². The van der Waals surface area contributed by atoms with Gasteiger partial charge in [0, 0.05) is 25.0 Å². The molecule has 0 aliphatic heterocycles. The van der Waals surface area contributed by atoms with Crippen LogP contribution in [0.25, 0.3) is 0 Å². The molecule has 0 amide bonds. The number of nitrogens with zero attached hydrogens (tertiary/aromatic N) is 1. The molecule has 0 radical (unpaired) electrons. The Morgan fingerprint density at radius 1 is 1.44 bits per heavy atom. The van der Waals surface area contributed by atoms with Crippen LogP contribution in [-0.4, -0.2) is 10.7 Å². The first-order valence-corrected chi connectivity index (χ1v) is 5.30. The molecule has 0 aliphatic carbocycles. The lowest BCUT2D eigenvalue weighted by Crippen LogP contribution is -2.03. The monoisotopic (exact) mass is 221 g/mol. The van der Waals surface area contributed by atoms with Gasteiger partial charge in [-0.25, -0.2) is 0 Å². The molecule has 0 spiro atoms. The first-order valence-electron chi connectivity index (χ1n) is 5.30. The smallest absolute Gasteiger partial charge is 0.269 e. The Bertz CT molecular complexity index is 413. The summed E-state index contributed by atoms with van der Waals surface area (Å²) in [6.45, 7) is 3.75. The van der Waals surface area contributed by atoms with Gasteiger partial charge in [0.15, 0.2) is 0 Å². The molecule has 0 heterocycles. The van der Waals surface area contributed by atoms with Crippen molar-refractivity contribution in [3.05, 3.63) is 39.4 Å². The molecule has 1 aromatic rings. The zero-order chi connectivity index (χ0) is 12.1. The van der Waals surface area contributed by atoms with Crippen LogP contribution >= 0.6 is 0 Å². The Morgan fingerprint density at radius 3 is 2.62 bits per heavy atom. The number of ketones is 1. The highest BCUT2D eigenvalue weighted by molar-refractivity contribution is 5.81. The SMILES string of the molecule is CCCC(=O)Cc1ccc([N+](=O)[O-])cc1C. The van der Waals surface area contributed by atoms with E-state index in [1.54, 1.807) is 13.0 Å². The van der Waals surface area contributed by atoms with Gasteiger partial charge in [-0.1, -0.05) is 13.0 Å². The average molecular weight is 221 g/mol. The quantitative estimate of drug-likeness (QED) is 0.567. The van der Waals surface area contributed by atoms with E-state index in [4.69, 9.17) is 0 Å². The third-order valence-electron chi connectivity index (χ3n) is 2.45. The van der Waals surface area contributed by atoms with E-state index in [2.05, 4.69) is 0 Å². The molecule has 86 valence electrons. The molecule has 0 N–H and O–H groups in total. The van der Waals surface area contributed by atoms with Crippen molar-refractivity contribution in [3.63, 3.8) is 0 Å². The van der Waals surface area contributed by atoms with Crippen LogP contribution < -0.4 is 0 Å². The van der Waals surface area contributed by atoms with Crippen molar-refractivity contribution in [1.82, 2.24) is 0 Å². The molecule has 0 atom stereocenters. The largest absolute Gasteiger partial charge is 0.299 e. The molecule has 0 unspecified atom stereocenters. The van der Waals surface area contributed by atoms with E-state index in [1.165, 1.54) is 12.1 Å². The van der Waals surface area contributed by atoms with Crippen LogP contribution in [0.15, 0.2) is 18.2 Å². The summed E-state index contributed by atoms with van der Waals surface area (Å²) in [5, 5.41) is 10.5. The maximum absolute atomic E-state index is 11.4. The minimum absolute atomic E-state index is 0.0733. The molecular formula is C12H15NO3. The van der Waals surface area contributed by atoms with Gasteiger partial charge in [-0.2, -0.15) is 0 Å². The van der Waals surface area contributed by atoms with Crippen LogP contribution in [-0.2, 0) is 11.2 Å². The predicted octanol–water partition coefficient (Wildman–Crippen LogP) is 2.81. The van der Waals surface area contributed by atoms with Gasteiger partial charge in [-0.15, -0.1) is 0 Å². The van der Waals surface area contributed by atoms with Crippen molar-refractivity contribution in [2.45, 2.75) is 33.1 Å². The summed E-state index contributed by atoms with van der Waals surface area (Å²) < 4.78 is 0. The van der Waals surface area contributed by atoms with Crippen molar-refractivity contribution in [3.8, 4) is 0 Å². The molecule has 0 saturated carbocycles. The van der Waals surface area contributed by atoms with Crippen molar-refractivity contribution in [2.24, 2.45) is 0 Å². The number of hydrogen-bond acceptors (Lipinski definition) is 3. The third kappa shape index (κ3) is 3.15. The fraction of sp³-hybridized carbons (Fsp3) is 0.417. The van der Waals surface area contributed by atoms with Crippen molar-refractivity contribution in [1.29, 1.82) is 0 Å². The second kappa shape index (κ2) is 5.39. The fourth-order valence-corrected chi connectivity index (χ4v) is 1.57. The van der Waals surface area contributed by atoms with Gasteiger partial charge in [0.05, 0.1) is 4.92 Å². The number of nitro groups is 1. The van der Waals surface area contributed by atoms with E-state index >= 15 is 0 Å². The third-order valence-corrected chi connectivity index (χ3v) is 2.45. The van der Waals surface area contributed by atoms with Gasteiger partial charge in [0.25, 0.3) is 5.69 Å². The highest BCUT2D eigenvalue weighted by Crippen LogP contribution is 2.18. The summed E-state index contributed by atoms with van der Waals surface area (Å²) in [6, 6.07) is 4.62. The topological polar surface area (TPSA) is 60.2 Å². The Morgan fingerprint density at radius 2 is 2.12 bits per heavy atom. The minimum Gasteiger partial charge on any atom is -0.299 e. The summed E-state index contributed by atoms with van der Waals surface area (Å²) in [5.74, 6) is 0.180. The van der Waals surface area contributed by atoms with E-state index in [0.717, 1.165) is 17.5 Å². The Kier molecular flexibility index (Phi) is 4.17. The molecule has 0 saturated heterocycles. The minimum atomic E-state index is -0.426. The molecule has 0 bridgehead atoms. The highest BCUT2D eigenvalue weighted by atomic mass is 16.6.